The maximum absolute atomic E-state index is 12.8. The van der Waals surface area contributed by atoms with Crippen molar-refractivity contribution in [3.8, 4) is 11.4 Å². The summed E-state index contributed by atoms with van der Waals surface area (Å²) in [6.07, 6.45) is 1.66. The largest absolute Gasteiger partial charge is 0.387 e. The number of halogens is 1. The van der Waals surface area contributed by atoms with E-state index in [0.29, 0.717) is 33.5 Å². The van der Waals surface area contributed by atoms with Crippen LogP contribution in [0.1, 0.15) is 36.1 Å². The number of aliphatic hydroxyl groups excluding tert-OH is 1. The Morgan fingerprint density at radius 1 is 1.26 bits per heavy atom. The fraction of sp³-hybridized carbons (Fsp3) is 0.240. The fourth-order valence-electron chi connectivity index (χ4n) is 3.80. The van der Waals surface area contributed by atoms with Crippen LogP contribution >= 0.6 is 11.6 Å². The number of nitrogens with zero attached hydrogens (tertiary/aromatic N) is 1. The first-order valence-electron chi connectivity index (χ1n) is 11.1. The van der Waals surface area contributed by atoms with Gasteiger partial charge in [0.1, 0.15) is 17.2 Å². The van der Waals surface area contributed by atoms with E-state index < -0.39 is 6.10 Å². The first kappa shape index (κ1) is 23.5. The standard InChI is InChI=1S/C25H27ClN6O2/c1-3-8-28-23(27)16-10-14(2)22-19(12-16)31-24(32-22)21-18(7-9-29-25(21)34)30-13-20(33)15-5-4-6-17(26)11-15/h4-7,9-12,20,33H,3,8,13H2,1-2H3,(H2,27,28)(H,31,32)(H2,29,30,34). The average molecular weight is 479 g/mol. The van der Waals surface area contributed by atoms with E-state index in [1.165, 1.54) is 0 Å². The van der Waals surface area contributed by atoms with Crippen molar-refractivity contribution in [2.75, 3.05) is 18.4 Å². The second-order valence-corrected chi connectivity index (χ2v) is 8.56. The monoisotopic (exact) mass is 478 g/mol. The minimum Gasteiger partial charge on any atom is -0.387 e. The van der Waals surface area contributed by atoms with Crippen LogP contribution in [-0.4, -0.2) is 39.0 Å². The van der Waals surface area contributed by atoms with Crippen LogP contribution in [0.25, 0.3) is 22.4 Å². The number of aromatic amines is 2. The van der Waals surface area contributed by atoms with Crippen LogP contribution in [-0.2, 0) is 0 Å². The van der Waals surface area contributed by atoms with Gasteiger partial charge in [0.15, 0.2) is 0 Å². The Morgan fingerprint density at radius 3 is 2.85 bits per heavy atom. The summed E-state index contributed by atoms with van der Waals surface area (Å²) in [5, 5.41) is 25.7. The lowest BCUT2D eigenvalue weighted by Crippen LogP contribution is -2.24. The molecular weight excluding hydrogens is 452 g/mol. The maximum Gasteiger partial charge on any atom is 0.261 e. The molecule has 2 heterocycles. The van der Waals surface area contributed by atoms with Crippen LogP contribution in [0.3, 0.4) is 0 Å². The molecule has 1 atom stereocenters. The SMILES string of the molecule is CCCNC(=N)c1cc(C)c2nc(-c3c(NCC(O)c4cccc(Cl)c4)cc[nH]c3=O)[nH]c2c1. The topological polar surface area (TPSA) is 130 Å². The van der Waals surface area contributed by atoms with E-state index in [2.05, 4.69) is 25.6 Å². The highest BCUT2D eigenvalue weighted by atomic mass is 35.5. The molecule has 2 aromatic heterocycles. The van der Waals surface area contributed by atoms with Crippen LogP contribution in [0.2, 0.25) is 5.02 Å². The third-order valence-electron chi connectivity index (χ3n) is 5.53. The Bertz CT molecular complexity index is 1390. The van der Waals surface area contributed by atoms with Gasteiger partial charge in [-0.3, -0.25) is 10.2 Å². The molecule has 4 aromatic rings. The molecule has 0 bridgehead atoms. The minimum absolute atomic E-state index is 0.181. The molecule has 4 rings (SSSR count). The van der Waals surface area contributed by atoms with Gasteiger partial charge < -0.3 is 25.7 Å². The molecule has 0 amide bonds. The van der Waals surface area contributed by atoms with Crippen molar-refractivity contribution in [1.29, 1.82) is 5.41 Å². The van der Waals surface area contributed by atoms with Gasteiger partial charge in [0.25, 0.3) is 5.56 Å². The number of pyridine rings is 1. The molecule has 0 saturated carbocycles. The molecule has 1 unspecified atom stereocenters. The summed E-state index contributed by atoms with van der Waals surface area (Å²) in [4.78, 5) is 23.4. The van der Waals surface area contributed by atoms with Crippen molar-refractivity contribution in [2.24, 2.45) is 0 Å². The fourth-order valence-corrected chi connectivity index (χ4v) is 4.00. The molecule has 0 aliphatic carbocycles. The molecule has 8 nitrogen and oxygen atoms in total. The van der Waals surface area contributed by atoms with Crippen LogP contribution in [0, 0.1) is 12.3 Å². The number of fused-ring (bicyclic) bond motifs is 1. The summed E-state index contributed by atoms with van der Waals surface area (Å²) in [6.45, 7) is 4.88. The predicted molar refractivity (Wildman–Crippen MR) is 137 cm³/mol. The van der Waals surface area contributed by atoms with E-state index in [-0.39, 0.29) is 12.1 Å². The van der Waals surface area contributed by atoms with Crippen molar-refractivity contribution in [1.82, 2.24) is 20.3 Å². The molecule has 0 saturated heterocycles. The number of H-pyrrole nitrogens is 2. The molecule has 6 N–H and O–H groups in total. The second-order valence-electron chi connectivity index (χ2n) is 8.12. The van der Waals surface area contributed by atoms with Crippen molar-refractivity contribution < 1.29 is 5.11 Å². The van der Waals surface area contributed by atoms with Crippen molar-refractivity contribution in [3.05, 3.63) is 80.7 Å². The molecule has 0 spiro atoms. The number of benzene rings is 2. The van der Waals surface area contributed by atoms with E-state index in [1.54, 1.807) is 36.5 Å². The van der Waals surface area contributed by atoms with Crippen molar-refractivity contribution in [2.45, 2.75) is 26.4 Å². The van der Waals surface area contributed by atoms with E-state index in [4.69, 9.17) is 17.0 Å². The van der Waals surface area contributed by atoms with Crippen molar-refractivity contribution in [3.63, 3.8) is 0 Å². The Morgan fingerprint density at radius 2 is 2.09 bits per heavy atom. The molecule has 0 aliphatic heterocycles. The Labute approximate surface area is 201 Å². The van der Waals surface area contributed by atoms with Crippen LogP contribution in [0.15, 0.2) is 53.5 Å². The van der Waals surface area contributed by atoms with Crippen LogP contribution in [0.4, 0.5) is 5.69 Å². The number of anilines is 1. The number of hydrogen-bond acceptors (Lipinski definition) is 5. The number of hydrogen-bond donors (Lipinski definition) is 6. The van der Waals surface area contributed by atoms with E-state index >= 15 is 0 Å². The van der Waals surface area contributed by atoms with Crippen molar-refractivity contribution >= 4 is 34.2 Å². The van der Waals surface area contributed by atoms with Gasteiger partial charge in [-0.2, -0.15) is 0 Å². The van der Waals surface area contributed by atoms with E-state index in [9.17, 15) is 9.90 Å². The molecular formula is C25H27ClN6O2. The van der Waals surface area contributed by atoms with Gasteiger partial charge >= 0.3 is 0 Å². The Balaban J connectivity index is 1.65. The number of aryl methyl sites for hydroxylation is 1. The van der Waals surface area contributed by atoms with Gasteiger partial charge in [0, 0.05) is 29.9 Å². The lowest BCUT2D eigenvalue weighted by molar-refractivity contribution is 0.191. The molecule has 0 fully saturated rings. The zero-order valence-corrected chi connectivity index (χ0v) is 19.8. The molecule has 34 heavy (non-hydrogen) atoms. The Kier molecular flexibility index (Phi) is 7.00. The number of rotatable bonds is 8. The highest BCUT2D eigenvalue weighted by Gasteiger charge is 2.17. The number of amidine groups is 1. The second kappa shape index (κ2) is 10.1. The van der Waals surface area contributed by atoms with E-state index in [1.807, 2.05) is 26.0 Å². The minimum atomic E-state index is -0.812. The summed E-state index contributed by atoms with van der Waals surface area (Å²) in [5.41, 5.74) is 4.37. The lowest BCUT2D eigenvalue weighted by atomic mass is 10.1. The van der Waals surface area contributed by atoms with Gasteiger partial charge in [-0.25, -0.2) is 4.98 Å². The summed E-state index contributed by atoms with van der Waals surface area (Å²) in [5.74, 6) is 0.753. The molecule has 0 aliphatic rings. The normalized spacial score (nSPS) is 12.0. The number of aromatic nitrogens is 3. The number of nitrogens with one attached hydrogen (secondary N) is 5. The van der Waals surface area contributed by atoms with Gasteiger partial charge in [-0.05, 0) is 54.8 Å². The summed E-state index contributed by atoms with van der Waals surface area (Å²) in [7, 11) is 0. The molecule has 2 aromatic carbocycles. The van der Waals surface area contributed by atoms with Gasteiger partial charge in [0.05, 0.1) is 22.8 Å². The predicted octanol–water partition coefficient (Wildman–Crippen LogP) is 4.35. The lowest BCUT2D eigenvalue weighted by Gasteiger charge is -2.15. The first-order chi connectivity index (χ1) is 16.4. The molecule has 176 valence electrons. The van der Waals surface area contributed by atoms with Gasteiger partial charge in [0.2, 0.25) is 0 Å². The average Bonchev–Trinajstić information content (AvgIpc) is 3.25. The maximum atomic E-state index is 12.8. The van der Waals surface area contributed by atoms with Gasteiger partial charge in [-0.1, -0.05) is 30.7 Å². The third kappa shape index (κ3) is 4.98. The van der Waals surface area contributed by atoms with Crippen LogP contribution < -0.4 is 16.2 Å². The zero-order valence-electron chi connectivity index (χ0n) is 19.0. The number of imidazole rings is 1. The molecule has 0 radical (unpaired) electrons. The van der Waals surface area contributed by atoms with E-state index in [0.717, 1.165) is 35.1 Å². The highest BCUT2D eigenvalue weighted by Crippen LogP contribution is 2.27. The quantitative estimate of drug-likeness (QED) is 0.166. The summed E-state index contributed by atoms with van der Waals surface area (Å²) < 4.78 is 0. The molecule has 9 heteroatoms. The third-order valence-corrected chi connectivity index (χ3v) is 5.77. The van der Waals surface area contributed by atoms with Crippen LogP contribution in [0.5, 0.6) is 0 Å². The number of aliphatic hydroxyl groups is 1. The first-order valence-corrected chi connectivity index (χ1v) is 11.5. The smallest absolute Gasteiger partial charge is 0.261 e. The summed E-state index contributed by atoms with van der Waals surface area (Å²) in [6, 6.07) is 12.5. The zero-order chi connectivity index (χ0) is 24.2. The Hall–Kier alpha value is -3.62. The van der Waals surface area contributed by atoms with Gasteiger partial charge in [-0.15, -0.1) is 0 Å². The summed E-state index contributed by atoms with van der Waals surface area (Å²) >= 11 is 6.03. The highest BCUT2D eigenvalue weighted by molar-refractivity contribution is 6.30.